The summed E-state index contributed by atoms with van der Waals surface area (Å²) in [7, 11) is 0. The van der Waals surface area contributed by atoms with E-state index in [0.29, 0.717) is 5.95 Å². The second-order valence-electron chi connectivity index (χ2n) is 13.2. The zero-order valence-electron chi connectivity index (χ0n) is 29.0. The Kier molecular flexibility index (Phi) is 8.46. The van der Waals surface area contributed by atoms with Crippen LogP contribution in [0.15, 0.2) is 140 Å². The number of rotatable bonds is 9. The zero-order valence-corrected chi connectivity index (χ0v) is 29.0. The Labute approximate surface area is 297 Å². The van der Waals surface area contributed by atoms with Crippen molar-refractivity contribution in [2.75, 3.05) is 0 Å². The maximum absolute atomic E-state index is 6.64. The lowest BCUT2D eigenvalue weighted by molar-refractivity contribution is 0.482. The van der Waals surface area contributed by atoms with Gasteiger partial charge in [0.25, 0.3) is 0 Å². The number of hydrogen-bond donors (Lipinski definition) is 0. The van der Waals surface area contributed by atoms with Gasteiger partial charge in [-0.1, -0.05) is 64.1 Å². The van der Waals surface area contributed by atoms with E-state index in [1.54, 1.807) is 24.8 Å². The monoisotopic (exact) mass is 667 g/mol. The average Bonchev–Trinajstić information content (AvgIpc) is 3.49. The molecule has 7 heteroatoms. The summed E-state index contributed by atoms with van der Waals surface area (Å²) in [6.07, 6.45) is 7.16. The van der Waals surface area contributed by atoms with Gasteiger partial charge in [0.05, 0.1) is 22.4 Å². The van der Waals surface area contributed by atoms with Crippen molar-refractivity contribution >= 4 is 21.8 Å². The van der Waals surface area contributed by atoms with Crippen LogP contribution in [0.4, 0.5) is 0 Å². The van der Waals surface area contributed by atoms with E-state index in [-0.39, 0.29) is 11.8 Å². The molecular formula is C44H37N5O2. The predicted molar refractivity (Wildman–Crippen MR) is 204 cm³/mol. The summed E-state index contributed by atoms with van der Waals surface area (Å²) in [5.74, 6) is 3.92. The highest BCUT2D eigenvalue weighted by atomic mass is 16.5. The van der Waals surface area contributed by atoms with Crippen molar-refractivity contribution in [2.45, 2.75) is 39.5 Å². The SMILES string of the molecule is CC(C)c1cc(Oc2cccc(-c3ccccn3)c2)cc2c1c1c(C(C)C)cc(Oc3cccc(-c4ccccn4)c3)cc1n2-c1ncccn1. The summed E-state index contributed by atoms with van der Waals surface area (Å²) >= 11 is 0. The number of ether oxygens (including phenoxy) is 2. The summed E-state index contributed by atoms with van der Waals surface area (Å²) in [6, 6.07) is 38.3. The molecule has 8 rings (SSSR count). The third kappa shape index (κ3) is 6.30. The molecule has 0 aliphatic rings. The highest BCUT2D eigenvalue weighted by Gasteiger charge is 2.24. The van der Waals surface area contributed by atoms with E-state index in [2.05, 4.69) is 66.5 Å². The van der Waals surface area contributed by atoms with Crippen molar-refractivity contribution in [3.8, 4) is 51.5 Å². The molecule has 0 unspecified atom stereocenters. The number of hydrogen-bond acceptors (Lipinski definition) is 6. The summed E-state index contributed by atoms with van der Waals surface area (Å²) < 4.78 is 15.4. The van der Waals surface area contributed by atoms with Gasteiger partial charge in [0.2, 0.25) is 5.95 Å². The summed E-state index contributed by atoms with van der Waals surface area (Å²) in [4.78, 5) is 18.6. The lowest BCUT2D eigenvalue weighted by Crippen LogP contribution is -2.01. The van der Waals surface area contributed by atoms with Crippen molar-refractivity contribution in [2.24, 2.45) is 0 Å². The molecule has 0 saturated carbocycles. The summed E-state index contributed by atoms with van der Waals surface area (Å²) in [5.41, 5.74) is 8.07. The fourth-order valence-corrected chi connectivity index (χ4v) is 6.70. The summed E-state index contributed by atoms with van der Waals surface area (Å²) in [5, 5.41) is 2.32. The van der Waals surface area contributed by atoms with Gasteiger partial charge in [-0.2, -0.15) is 0 Å². The molecule has 0 bridgehead atoms. The van der Waals surface area contributed by atoms with Gasteiger partial charge in [0, 0.05) is 58.8 Å². The Morgan fingerprint density at radius 3 is 1.35 bits per heavy atom. The quantitative estimate of drug-likeness (QED) is 0.152. The molecule has 0 spiro atoms. The molecular weight excluding hydrogens is 631 g/mol. The van der Waals surface area contributed by atoms with Gasteiger partial charge in [0.15, 0.2) is 0 Å². The molecule has 8 aromatic rings. The number of aromatic nitrogens is 5. The van der Waals surface area contributed by atoms with E-state index < -0.39 is 0 Å². The number of benzene rings is 4. The van der Waals surface area contributed by atoms with Crippen molar-refractivity contribution < 1.29 is 9.47 Å². The fourth-order valence-electron chi connectivity index (χ4n) is 6.70. The van der Waals surface area contributed by atoms with Gasteiger partial charge >= 0.3 is 0 Å². The topological polar surface area (TPSA) is 75.0 Å². The maximum atomic E-state index is 6.64. The molecule has 0 aliphatic carbocycles. The third-order valence-corrected chi connectivity index (χ3v) is 9.03. The second kappa shape index (κ2) is 13.5. The molecule has 4 aromatic carbocycles. The first-order valence-corrected chi connectivity index (χ1v) is 17.2. The molecule has 7 nitrogen and oxygen atoms in total. The van der Waals surface area contributed by atoms with Crippen LogP contribution in [0.25, 0.3) is 50.3 Å². The molecule has 4 heterocycles. The predicted octanol–water partition coefficient (Wildman–Crippen LogP) is 11.5. The lowest BCUT2D eigenvalue weighted by Gasteiger charge is -2.15. The molecule has 0 fully saturated rings. The standard InChI is InChI=1S/C44H37N5O2/c1-28(2)36-24-34(50-32-14-9-12-30(22-32)38-16-5-7-18-45-38)26-40-42(36)43-37(29(3)4)25-35(27-41(43)49(40)44-47-20-11-21-48-44)51-33-15-10-13-31(23-33)39-17-6-8-19-46-39/h5-29H,1-4H3. The molecule has 0 amide bonds. The van der Waals surface area contributed by atoms with Crippen LogP contribution >= 0.6 is 0 Å². The first-order valence-electron chi connectivity index (χ1n) is 17.2. The summed E-state index contributed by atoms with van der Waals surface area (Å²) in [6.45, 7) is 8.90. The van der Waals surface area contributed by atoms with E-state index in [1.807, 2.05) is 91.0 Å². The minimum atomic E-state index is 0.205. The molecule has 4 aromatic heterocycles. The molecule has 0 N–H and O–H groups in total. The van der Waals surface area contributed by atoms with E-state index in [0.717, 1.165) is 67.3 Å². The highest BCUT2D eigenvalue weighted by molar-refractivity contribution is 6.13. The molecule has 0 aliphatic heterocycles. The van der Waals surface area contributed by atoms with Crippen LogP contribution < -0.4 is 9.47 Å². The third-order valence-electron chi connectivity index (χ3n) is 9.03. The van der Waals surface area contributed by atoms with Gasteiger partial charge in [0.1, 0.15) is 23.0 Å². The average molecular weight is 668 g/mol. The largest absolute Gasteiger partial charge is 0.457 e. The van der Waals surface area contributed by atoms with Crippen LogP contribution in [-0.4, -0.2) is 24.5 Å². The van der Waals surface area contributed by atoms with Gasteiger partial charge in [-0.25, -0.2) is 9.97 Å². The number of pyridine rings is 2. The van der Waals surface area contributed by atoms with Gasteiger partial charge in [-0.3, -0.25) is 14.5 Å². The van der Waals surface area contributed by atoms with Crippen molar-refractivity contribution in [3.05, 3.63) is 151 Å². The van der Waals surface area contributed by atoms with Crippen molar-refractivity contribution in [1.29, 1.82) is 0 Å². The van der Waals surface area contributed by atoms with E-state index >= 15 is 0 Å². The van der Waals surface area contributed by atoms with Crippen LogP contribution in [0, 0.1) is 0 Å². The van der Waals surface area contributed by atoms with E-state index in [1.165, 1.54) is 11.1 Å². The van der Waals surface area contributed by atoms with Crippen LogP contribution in [0.2, 0.25) is 0 Å². The van der Waals surface area contributed by atoms with Crippen LogP contribution in [-0.2, 0) is 0 Å². The lowest BCUT2D eigenvalue weighted by atomic mass is 9.92. The minimum Gasteiger partial charge on any atom is -0.457 e. The Morgan fingerprint density at radius 2 is 0.922 bits per heavy atom. The van der Waals surface area contributed by atoms with Crippen LogP contribution in [0.5, 0.6) is 23.0 Å². The van der Waals surface area contributed by atoms with Gasteiger partial charge in [-0.05, 0) is 89.7 Å². The Bertz CT molecular complexity index is 2320. The van der Waals surface area contributed by atoms with Crippen LogP contribution in [0.3, 0.4) is 0 Å². The molecule has 0 atom stereocenters. The minimum absolute atomic E-state index is 0.205. The Balaban J connectivity index is 1.31. The fraction of sp³-hybridized carbons (Fsp3) is 0.136. The molecule has 250 valence electrons. The molecule has 0 saturated heterocycles. The smallest absolute Gasteiger partial charge is 0.234 e. The Hall–Kier alpha value is -6.34. The second-order valence-corrected chi connectivity index (χ2v) is 13.2. The first-order chi connectivity index (χ1) is 24.9. The normalized spacial score (nSPS) is 11.5. The Morgan fingerprint density at radius 1 is 0.451 bits per heavy atom. The van der Waals surface area contributed by atoms with E-state index in [9.17, 15) is 0 Å². The van der Waals surface area contributed by atoms with Crippen molar-refractivity contribution in [1.82, 2.24) is 24.5 Å². The van der Waals surface area contributed by atoms with Gasteiger partial charge in [-0.15, -0.1) is 0 Å². The zero-order chi connectivity index (χ0) is 34.9. The first kappa shape index (κ1) is 31.9. The van der Waals surface area contributed by atoms with Gasteiger partial charge < -0.3 is 9.47 Å². The molecule has 0 radical (unpaired) electrons. The van der Waals surface area contributed by atoms with Crippen LogP contribution in [0.1, 0.15) is 50.7 Å². The maximum Gasteiger partial charge on any atom is 0.234 e. The van der Waals surface area contributed by atoms with E-state index in [4.69, 9.17) is 19.4 Å². The number of nitrogens with zero attached hydrogens (tertiary/aromatic N) is 5. The highest BCUT2D eigenvalue weighted by Crippen LogP contribution is 2.45. The molecule has 51 heavy (non-hydrogen) atoms. The van der Waals surface area contributed by atoms with Crippen molar-refractivity contribution in [3.63, 3.8) is 0 Å². The number of fused-ring (bicyclic) bond motifs is 3.